The summed E-state index contributed by atoms with van der Waals surface area (Å²) in [4.78, 5) is 15.5. The number of nitrogens with one attached hydrogen (secondary N) is 1. The molecule has 1 aromatic rings. The van der Waals surface area contributed by atoms with Crippen LogP contribution in [-0.2, 0) is 4.74 Å². The molecule has 5 heteroatoms. The van der Waals surface area contributed by atoms with Crippen molar-refractivity contribution >= 4 is 23.5 Å². The number of ether oxygens (including phenoxy) is 1. The van der Waals surface area contributed by atoms with Gasteiger partial charge in [0.15, 0.2) is 0 Å². The second kappa shape index (κ2) is 8.29. The molecule has 1 saturated heterocycles. The first-order chi connectivity index (χ1) is 10.2. The molecule has 0 bridgehead atoms. The SMILES string of the molecule is CCCN(CC1CCOC1)C(=O)Nc1cccc(SC)c1. The predicted octanol–water partition coefficient (Wildman–Crippen LogP) is 3.69. The molecule has 1 atom stereocenters. The molecule has 1 unspecified atom stereocenters. The van der Waals surface area contributed by atoms with Gasteiger partial charge in [0, 0.05) is 36.2 Å². The van der Waals surface area contributed by atoms with Crippen molar-refractivity contribution in [3.8, 4) is 0 Å². The standard InChI is InChI=1S/C16H24N2O2S/c1-3-8-18(11-13-7-9-20-12-13)16(19)17-14-5-4-6-15(10-14)21-2/h4-6,10,13H,3,7-9,11-12H2,1-2H3,(H,17,19). The zero-order valence-electron chi connectivity index (χ0n) is 12.8. The van der Waals surface area contributed by atoms with Gasteiger partial charge < -0.3 is 15.0 Å². The van der Waals surface area contributed by atoms with Gasteiger partial charge in [-0.05, 0) is 37.3 Å². The number of carbonyl (C=O) groups is 1. The highest BCUT2D eigenvalue weighted by Gasteiger charge is 2.22. The molecule has 1 aromatic carbocycles. The largest absolute Gasteiger partial charge is 0.381 e. The van der Waals surface area contributed by atoms with E-state index in [1.54, 1.807) is 11.8 Å². The lowest BCUT2D eigenvalue weighted by molar-refractivity contribution is 0.169. The van der Waals surface area contributed by atoms with Crippen molar-refractivity contribution < 1.29 is 9.53 Å². The number of nitrogens with zero attached hydrogens (tertiary/aromatic N) is 1. The van der Waals surface area contributed by atoms with Gasteiger partial charge in [-0.2, -0.15) is 0 Å². The van der Waals surface area contributed by atoms with E-state index in [1.165, 1.54) is 0 Å². The number of hydrogen-bond donors (Lipinski definition) is 1. The summed E-state index contributed by atoms with van der Waals surface area (Å²) in [5, 5.41) is 3.01. The smallest absolute Gasteiger partial charge is 0.321 e. The summed E-state index contributed by atoms with van der Waals surface area (Å²) in [5.74, 6) is 0.472. The first-order valence-electron chi connectivity index (χ1n) is 7.50. The highest BCUT2D eigenvalue weighted by Crippen LogP contribution is 2.20. The Labute approximate surface area is 131 Å². The zero-order chi connectivity index (χ0) is 15.1. The van der Waals surface area contributed by atoms with Crippen molar-refractivity contribution in [2.75, 3.05) is 37.9 Å². The number of amides is 2. The molecule has 1 fully saturated rings. The summed E-state index contributed by atoms with van der Waals surface area (Å²) in [5.41, 5.74) is 0.857. The number of anilines is 1. The average Bonchev–Trinajstić information content (AvgIpc) is 3.00. The van der Waals surface area contributed by atoms with Gasteiger partial charge in [0.25, 0.3) is 0 Å². The van der Waals surface area contributed by atoms with Crippen LogP contribution in [0.2, 0.25) is 0 Å². The quantitative estimate of drug-likeness (QED) is 0.815. The Kier molecular flexibility index (Phi) is 6.39. The molecule has 21 heavy (non-hydrogen) atoms. The van der Waals surface area contributed by atoms with E-state index in [9.17, 15) is 4.79 Å². The number of carbonyl (C=O) groups excluding carboxylic acids is 1. The fourth-order valence-electron chi connectivity index (χ4n) is 2.49. The van der Waals surface area contributed by atoms with Gasteiger partial charge in [-0.15, -0.1) is 11.8 Å². The summed E-state index contributed by atoms with van der Waals surface area (Å²) in [6.07, 6.45) is 4.05. The van der Waals surface area contributed by atoms with Crippen molar-refractivity contribution in [1.29, 1.82) is 0 Å². The number of benzene rings is 1. The predicted molar refractivity (Wildman–Crippen MR) is 88.0 cm³/mol. The van der Waals surface area contributed by atoms with Crippen molar-refractivity contribution in [3.63, 3.8) is 0 Å². The number of urea groups is 1. The fraction of sp³-hybridized carbons (Fsp3) is 0.562. The molecule has 0 saturated carbocycles. The summed E-state index contributed by atoms with van der Waals surface area (Å²) in [6.45, 7) is 5.25. The van der Waals surface area contributed by atoms with E-state index < -0.39 is 0 Å². The molecule has 0 spiro atoms. The number of thioether (sulfide) groups is 1. The second-order valence-electron chi connectivity index (χ2n) is 5.34. The summed E-state index contributed by atoms with van der Waals surface area (Å²) < 4.78 is 5.40. The summed E-state index contributed by atoms with van der Waals surface area (Å²) in [6, 6.07) is 7.93. The summed E-state index contributed by atoms with van der Waals surface area (Å²) >= 11 is 1.67. The Balaban J connectivity index is 1.96. The van der Waals surface area contributed by atoms with Crippen LogP contribution in [0.15, 0.2) is 29.2 Å². The van der Waals surface area contributed by atoms with Crippen LogP contribution in [0, 0.1) is 5.92 Å². The van der Waals surface area contributed by atoms with E-state index in [-0.39, 0.29) is 6.03 Å². The van der Waals surface area contributed by atoms with Gasteiger partial charge in [-0.1, -0.05) is 13.0 Å². The van der Waals surface area contributed by atoms with Crippen LogP contribution in [0.4, 0.5) is 10.5 Å². The average molecular weight is 308 g/mol. The van der Waals surface area contributed by atoms with Gasteiger partial charge >= 0.3 is 6.03 Å². The third-order valence-electron chi connectivity index (χ3n) is 3.60. The molecule has 1 heterocycles. The lowest BCUT2D eigenvalue weighted by atomic mass is 10.1. The molecule has 0 aliphatic carbocycles. The molecule has 4 nitrogen and oxygen atoms in total. The van der Waals surface area contributed by atoms with Crippen LogP contribution in [0.25, 0.3) is 0 Å². The van der Waals surface area contributed by atoms with Crippen molar-refractivity contribution in [1.82, 2.24) is 4.90 Å². The monoisotopic (exact) mass is 308 g/mol. The summed E-state index contributed by atoms with van der Waals surface area (Å²) in [7, 11) is 0. The third kappa shape index (κ3) is 4.93. The van der Waals surface area contributed by atoms with E-state index in [4.69, 9.17) is 4.74 Å². The normalized spacial score (nSPS) is 17.7. The van der Waals surface area contributed by atoms with Crippen LogP contribution in [-0.4, -0.2) is 43.5 Å². The van der Waals surface area contributed by atoms with E-state index >= 15 is 0 Å². The maximum atomic E-state index is 12.5. The van der Waals surface area contributed by atoms with E-state index in [0.717, 1.165) is 49.7 Å². The molecule has 116 valence electrons. The van der Waals surface area contributed by atoms with Crippen molar-refractivity contribution in [3.05, 3.63) is 24.3 Å². The van der Waals surface area contributed by atoms with Crippen molar-refractivity contribution in [2.24, 2.45) is 5.92 Å². The Hall–Kier alpha value is -1.20. The number of rotatable bonds is 6. The van der Waals surface area contributed by atoms with Gasteiger partial charge in [0.05, 0.1) is 6.61 Å². The van der Waals surface area contributed by atoms with Gasteiger partial charge in [0.1, 0.15) is 0 Å². The van der Waals surface area contributed by atoms with E-state index in [0.29, 0.717) is 5.92 Å². The Morgan fingerprint density at radius 2 is 2.38 bits per heavy atom. The van der Waals surface area contributed by atoms with E-state index in [1.807, 2.05) is 35.4 Å². The van der Waals surface area contributed by atoms with Crippen LogP contribution in [0.1, 0.15) is 19.8 Å². The van der Waals surface area contributed by atoms with Gasteiger partial charge in [0.2, 0.25) is 0 Å². The number of hydrogen-bond acceptors (Lipinski definition) is 3. The molecule has 1 N–H and O–H groups in total. The second-order valence-corrected chi connectivity index (χ2v) is 6.22. The molecule has 1 aliphatic rings. The molecule has 2 rings (SSSR count). The Morgan fingerprint density at radius 1 is 1.52 bits per heavy atom. The fourth-order valence-corrected chi connectivity index (χ4v) is 2.95. The lowest BCUT2D eigenvalue weighted by Crippen LogP contribution is -2.39. The molecule has 1 aliphatic heterocycles. The van der Waals surface area contributed by atoms with Crippen molar-refractivity contribution in [2.45, 2.75) is 24.7 Å². The Bertz CT molecular complexity index is 461. The molecule has 0 aromatic heterocycles. The van der Waals surface area contributed by atoms with Crippen LogP contribution in [0.5, 0.6) is 0 Å². The van der Waals surface area contributed by atoms with Gasteiger partial charge in [-0.3, -0.25) is 0 Å². The van der Waals surface area contributed by atoms with E-state index in [2.05, 4.69) is 12.2 Å². The topological polar surface area (TPSA) is 41.6 Å². The minimum Gasteiger partial charge on any atom is -0.381 e. The van der Waals surface area contributed by atoms with Gasteiger partial charge in [-0.25, -0.2) is 4.79 Å². The van der Waals surface area contributed by atoms with Crippen LogP contribution >= 0.6 is 11.8 Å². The molecule has 0 radical (unpaired) electrons. The zero-order valence-corrected chi connectivity index (χ0v) is 13.6. The Morgan fingerprint density at radius 3 is 3.05 bits per heavy atom. The maximum absolute atomic E-state index is 12.5. The minimum atomic E-state index is -0.0120. The highest BCUT2D eigenvalue weighted by molar-refractivity contribution is 7.98. The first kappa shape index (κ1) is 16.2. The molecular weight excluding hydrogens is 284 g/mol. The lowest BCUT2D eigenvalue weighted by Gasteiger charge is -2.25. The highest BCUT2D eigenvalue weighted by atomic mass is 32.2. The molecular formula is C16H24N2O2S. The first-order valence-corrected chi connectivity index (χ1v) is 8.73. The molecule has 2 amide bonds. The van der Waals surface area contributed by atoms with Crippen LogP contribution in [0.3, 0.4) is 0 Å². The van der Waals surface area contributed by atoms with Crippen LogP contribution < -0.4 is 5.32 Å². The maximum Gasteiger partial charge on any atom is 0.321 e. The minimum absolute atomic E-state index is 0.0120. The third-order valence-corrected chi connectivity index (χ3v) is 4.33.